The number of nitrogens with two attached hydrogens (primary N) is 1. The van der Waals surface area contributed by atoms with Crippen molar-refractivity contribution in [2.24, 2.45) is 11.7 Å². The maximum atomic E-state index is 11.6. The molecule has 17 heavy (non-hydrogen) atoms. The minimum absolute atomic E-state index is 0.268. The van der Waals surface area contributed by atoms with E-state index in [0.29, 0.717) is 0 Å². The fourth-order valence-corrected chi connectivity index (χ4v) is 1.14. The Morgan fingerprint density at radius 1 is 1.24 bits per heavy atom. The molecule has 0 aromatic carbocycles. The van der Waals surface area contributed by atoms with Gasteiger partial charge in [0, 0.05) is 0 Å². The van der Waals surface area contributed by atoms with Crippen molar-refractivity contribution in [3.8, 4) is 0 Å². The first-order chi connectivity index (χ1) is 7.79. The number of amides is 3. The van der Waals surface area contributed by atoms with Crippen LogP contribution in [0, 0.1) is 5.92 Å². The molecular formula is C9H17N3O5. The van der Waals surface area contributed by atoms with Crippen LogP contribution in [0.5, 0.6) is 0 Å². The first kappa shape index (κ1) is 15.2. The highest BCUT2D eigenvalue weighted by atomic mass is 16.4. The van der Waals surface area contributed by atoms with E-state index in [9.17, 15) is 14.4 Å². The number of carboxylic acid groups (broad SMARTS) is 1. The molecule has 0 bridgehead atoms. The number of nitrogens with one attached hydrogen (secondary N) is 2. The van der Waals surface area contributed by atoms with Gasteiger partial charge in [0.05, 0.1) is 6.61 Å². The monoisotopic (exact) mass is 247 g/mol. The summed E-state index contributed by atoms with van der Waals surface area (Å²) in [5.41, 5.74) is 4.90. The van der Waals surface area contributed by atoms with Crippen LogP contribution in [0.3, 0.4) is 0 Å². The average Bonchev–Trinajstić information content (AvgIpc) is 2.20. The summed E-state index contributed by atoms with van der Waals surface area (Å²) in [5, 5.41) is 21.7. The van der Waals surface area contributed by atoms with Crippen molar-refractivity contribution >= 4 is 17.9 Å². The van der Waals surface area contributed by atoms with Gasteiger partial charge in [0.25, 0.3) is 0 Å². The fourth-order valence-electron chi connectivity index (χ4n) is 1.14. The summed E-state index contributed by atoms with van der Waals surface area (Å²) in [4.78, 5) is 32.9. The number of primary amides is 1. The lowest BCUT2D eigenvalue weighted by Gasteiger charge is -2.22. The van der Waals surface area contributed by atoms with Crippen LogP contribution in [0.15, 0.2) is 0 Å². The van der Waals surface area contributed by atoms with Crippen LogP contribution < -0.4 is 16.4 Å². The van der Waals surface area contributed by atoms with E-state index in [4.69, 9.17) is 15.9 Å². The summed E-state index contributed by atoms with van der Waals surface area (Å²) in [6, 6.07) is -3.23. The van der Waals surface area contributed by atoms with Gasteiger partial charge in [-0.25, -0.2) is 9.59 Å². The van der Waals surface area contributed by atoms with Crippen molar-refractivity contribution in [2.75, 3.05) is 6.61 Å². The van der Waals surface area contributed by atoms with Gasteiger partial charge in [0.1, 0.15) is 12.1 Å². The number of aliphatic hydroxyl groups is 1. The fraction of sp³-hybridized carbons (Fsp3) is 0.667. The second-order valence-electron chi connectivity index (χ2n) is 3.81. The number of hydrogen-bond donors (Lipinski definition) is 5. The van der Waals surface area contributed by atoms with E-state index < -0.39 is 36.6 Å². The molecule has 98 valence electrons. The molecule has 0 radical (unpaired) electrons. The van der Waals surface area contributed by atoms with Crippen LogP contribution in [-0.2, 0) is 9.59 Å². The van der Waals surface area contributed by atoms with Crippen molar-refractivity contribution in [1.29, 1.82) is 0 Å². The summed E-state index contributed by atoms with van der Waals surface area (Å²) in [6.07, 6.45) is 0. The summed E-state index contributed by atoms with van der Waals surface area (Å²) < 4.78 is 0. The van der Waals surface area contributed by atoms with Gasteiger partial charge >= 0.3 is 12.0 Å². The molecule has 0 fully saturated rings. The van der Waals surface area contributed by atoms with Crippen LogP contribution in [0.4, 0.5) is 4.79 Å². The molecule has 0 spiro atoms. The maximum Gasteiger partial charge on any atom is 0.328 e. The third kappa shape index (κ3) is 5.16. The first-order valence-corrected chi connectivity index (χ1v) is 4.99. The molecule has 0 aromatic rings. The molecule has 6 N–H and O–H groups in total. The predicted octanol–water partition coefficient (Wildman–Crippen LogP) is -1.76. The van der Waals surface area contributed by atoms with E-state index in [1.54, 1.807) is 13.8 Å². The molecule has 0 heterocycles. The van der Waals surface area contributed by atoms with Crippen molar-refractivity contribution < 1.29 is 24.6 Å². The minimum atomic E-state index is -1.40. The van der Waals surface area contributed by atoms with Gasteiger partial charge in [0.15, 0.2) is 0 Å². The summed E-state index contributed by atoms with van der Waals surface area (Å²) >= 11 is 0. The van der Waals surface area contributed by atoms with E-state index in [1.807, 2.05) is 0 Å². The lowest BCUT2D eigenvalue weighted by atomic mass is 10.0. The van der Waals surface area contributed by atoms with Crippen LogP contribution in [-0.4, -0.2) is 46.8 Å². The number of hydrogen-bond acceptors (Lipinski definition) is 4. The van der Waals surface area contributed by atoms with Gasteiger partial charge in [0.2, 0.25) is 5.91 Å². The van der Waals surface area contributed by atoms with Crippen LogP contribution >= 0.6 is 0 Å². The molecule has 0 saturated heterocycles. The Morgan fingerprint density at radius 2 is 1.76 bits per heavy atom. The Morgan fingerprint density at radius 3 is 2.06 bits per heavy atom. The van der Waals surface area contributed by atoms with Gasteiger partial charge < -0.3 is 26.6 Å². The van der Waals surface area contributed by atoms with Gasteiger partial charge in [-0.3, -0.25) is 4.79 Å². The molecule has 0 aliphatic carbocycles. The van der Waals surface area contributed by atoms with Crippen LogP contribution in [0.2, 0.25) is 0 Å². The second kappa shape index (κ2) is 6.69. The van der Waals surface area contributed by atoms with E-state index in [-0.39, 0.29) is 5.92 Å². The standard InChI is InChI=1S/C9H17N3O5/c1-4(2)6(12-9(10)17)7(14)11-5(3-13)8(15)16/h4-6,13H,3H2,1-2H3,(H,11,14)(H,15,16)(H3,10,12,17)/t5-,6?/m0/s1. The third-order valence-electron chi connectivity index (χ3n) is 2.04. The molecule has 8 nitrogen and oxygen atoms in total. The van der Waals surface area contributed by atoms with Crippen molar-refractivity contribution in [2.45, 2.75) is 25.9 Å². The molecule has 1 unspecified atom stereocenters. The highest BCUT2D eigenvalue weighted by molar-refractivity contribution is 5.89. The van der Waals surface area contributed by atoms with E-state index >= 15 is 0 Å². The Labute approximate surface area is 98.2 Å². The maximum absolute atomic E-state index is 11.6. The van der Waals surface area contributed by atoms with Gasteiger partial charge in [-0.1, -0.05) is 13.8 Å². The quantitative estimate of drug-likeness (QED) is 0.378. The number of carbonyl (C=O) groups excluding carboxylic acids is 2. The Hall–Kier alpha value is -1.83. The van der Waals surface area contributed by atoms with Crippen molar-refractivity contribution in [1.82, 2.24) is 10.6 Å². The molecule has 0 aromatic heterocycles. The smallest absolute Gasteiger partial charge is 0.328 e. The zero-order chi connectivity index (χ0) is 13.6. The number of carboxylic acids is 1. The molecule has 0 saturated carbocycles. The number of rotatable bonds is 6. The largest absolute Gasteiger partial charge is 0.480 e. The van der Waals surface area contributed by atoms with E-state index in [1.165, 1.54) is 0 Å². The Balaban J connectivity index is 4.62. The number of aliphatic hydroxyl groups excluding tert-OH is 1. The molecule has 2 atom stereocenters. The predicted molar refractivity (Wildman–Crippen MR) is 58.0 cm³/mol. The summed E-state index contributed by atoms with van der Waals surface area (Å²) in [6.45, 7) is 2.59. The summed E-state index contributed by atoms with van der Waals surface area (Å²) in [5.74, 6) is -2.33. The average molecular weight is 247 g/mol. The lowest BCUT2D eigenvalue weighted by molar-refractivity contribution is -0.143. The van der Waals surface area contributed by atoms with Crippen LogP contribution in [0.1, 0.15) is 13.8 Å². The molecule has 0 rings (SSSR count). The van der Waals surface area contributed by atoms with Crippen molar-refractivity contribution in [3.63, 3.8) is 0 Å². The molecule has 8 heteroatoms. The zero-order valence-corrected chi connectivity index (χ0v) is 9.64. The molecule has 3 amide bonds. The number of aliphatic carboxylic acids is 1. The molecule has 0 aliphatic rings. The highest BCUT2D eigenvalue weighted by Gasteiger charge is 2.27. The topological polar surface area (TPSA) is 142 Å². The highest BCUT2D eigenvalue weighted by Crippen LogP contribution is 2.02. The SMILES string of the molecule is CC(C)C(NC(N)=O)C(=O)N[C@@H](CO)C(=O)O. The third-order valence-corrected chi connectivity index (χ3v) is 2.04. The number of carbonyl (C=O) groups is 3. The Bertz CT molecular complexity index is 305. The second-order valence-corrected chi connectivity index (χ2v) is 3.81. The van der Waals surface area contributed by atoms with Gasteiger partial charge in [-0.05, 0) is 5.92 Å². The molecular weight excluding hydrogens is 230 g/mol. The molecule has 0 aliphatic heterocycles. The van der Waals surface area contributed by atoms with Gasteiger partial charge in [-0.2, -0.15) is 0 Å². The first-order valence-electron chi connectivity index (χ1n) is 4.99. The zero-order valence-electron chi connectivity index (χ0n) is 9.64. The lowest BCUT2D eigenvalue weighted by Crippen LogP contribution is -2.55. The van der Waals surface area contributed by atoms with E-state index in [0.717, 1.165) is 0 Å². The summed E-state index contributed by atoms with van der Waals surface area (Å²) in [7, 11) is 0. The Kier molecular flexibility index (Phi) is 5.97. The van der Waals surface area contributed by atoms with Crippen LogP contribution in [0.25, 0.3) is 0 Å². The number of urea groups is 1. The minimum Gasteiger partial charge on any atom is -0.480 e. The van der Waals surface area contributed by atoms with Gasteiger partial charge in [-0.15, -0.1) is 0 Å². The normalized spacial score (nSPS) is 13.9. The van der Waals surface area contributed by atoms with Crippen molar-refractivity contribution in [3.05, 3.63) is 0 Å². The van der Waals surface area contributed by atoms with E-state index in [2.05, 4.69) is 10.6 Å².